The summed E-state index contributed by atoms with van der Waals surface area (Å²) >= 11 is 1.50. The molecule has 0 radical (unpaired) electrons. The van der Waals surface area contributed by atoms with Crippen LogP contribution in [0, 0.1) is 0 Å². The van der Waals surface area contributed by atoms with E-state index >= 15 is 0 Å². The SMILES string of the molecule is CCNc1cc(OCCC(C)(C)OC)nc(SC)n1. The first-order valence-electron chi connectivity index (χ1n) is 6.35. The van der Waals surface area contributed by atoms with Crippen molar-refractivity contribution in [3.63, 3.8) is 0 Å². The standard InChI is InChI=1S/C13H23N3O2S/c1-6-14-10-9-11(16-12(15-10)19-5)18-8-7-13(2,3)17-4/h9H,6-8H2,1-5H3,(H,14,15,16). The van der Waals surface area contributed by atoms with Gasteiger partial charge in [-0.2, -0.15) is 4.98 Å². The van der Waals surface area contributed by atoms with Crippen molar-refractivity contribution in [3.8, 4) is 5.88 Å². The summed E-state index contributed by atoms with van der Waals surface area (Å²) in [4.78, 5) is 8.68. The number of methoxy groups -OCH3 is 1. The van der Waals surface area contributed by atoms with Gasteiger partial charge in [-0.3, -0.25) is 0 Å². The lowest BCUT2D eigenvalue weighted by Crippen LogP contribution is -2.25. The predicted molar refractivity (Wildman–Crippen MR) is 79.2 cm³/mol. The van der Waals surface area contributed by atoms with Gasteiger partial charge in [0.25, 0.3) is 0 Å². The second kappa shape index (κ2) is 7.55. The van der Waals surface area contributed by atoms with Crippen molar-refractivity contribution in [1.29, 1.82) is 0 Å². The molecule has 108 valence electrons. The van der Waals surface area contributed by atoms with Crippen molar-refractivity contribution < 1.29 is 9.47 Å². The number of nitrogens with zero attached hydrogens (tertiary/aromatic N) is 2. The molecule has 0 unspecified atom stereocenters. The van der Waals surface area contributed by atoms with Crippen LogP contribution < -0.4 is 10.1 Å². The fourth-order valence-electron chi connectivity index (χ4n) is 1.34. The molecule has 1 rings (SSSR count). The highest BCUT2D eigenvalue weighted by molar-refractivity contribution is 7.98. The average molecular weight is 285 g/mol. The maximum Gasteiger partial charge on any atom is 0.219 e. The monoisotopic (exact) mass is 285 g/mol. The molecule has 1 aromatic rings. The minimum absolute atomic E-state index is 0.181. The normalized spacial score (nSPS) is 11.4. The van der Waals surface area contributed by atoms with Gasteiger partial charge in [0.2, 0.25) is 5.88 Å². The van der Waals surface area contributed by atoms with Crippen LogP contribution in [0.1, 0.15) is 27.2 Å². The van der Waals surface area contributed by atoms with E-state index < -0.39 is 0 Å². The predicted octanol–water partition coefficient (Wildman–Crippen LogP) is 2.82. The molecule has 0 saturated heterocycles. The smallest absolute Gasteiger partial charge is 0.219 e. The molecule has 0 aromatic carbocycles. The van der Waals surface area contributed by atoms with Gasteiger partial charge in [0.1, 0.15) is 5.82 Å². The van der Waals surface area contributed by atoms with Crippen LogP contribution in [-0.4, -0.2) is 42.1 Å². The van der Waals surface area contributed by atoms with Crippen molar-refractivity contribution in [2.24, 2.45) is 0 Å². The van der Waals surface area contributed by atoms with Crippen molar-refractivity contribution in [1.82, 2.24) is 9.97 Å². The summed E-state index contributed by atoms with van der Waals surface area (Å²) in [5.74, 6) is 1.39. The molecule has 1 N–H and O–H groups in total. The molecule has 0 saturated carbocycles. The Morgan fingerprint density at radius 2 is 2.11 bits per heavy atom. The van der Waals surface area contributed by atoms with E-state index in [4.69, 9.17) is 9.47 Å². The van der Waals surface area contributed by atoms with Gasteiger partial charge in [-0.05, 0) is 27.0 Å². The van der Waals surface area contributed by atoms with Crippen molar-refractivity contribution in [2.75, 3.05) is 31.8 Å². The van der Waals surface area contributed by atoms with Crippen LogP contribution in [-0.2, 0) is 4.74 Å². The number of nitrogens with one attached hydrogen (secondary N) is 1. The average Bonchev–Trinajstić information content (AvgIpc) is 2.38. The van der Waals surface area contributed by atoms with Gasteiger partial charge < -0.3 is 14.8 Å². The van der Waals surface area contributed by atoms with E-state index in [-0.39, 0.29) is 5.60 Å². The number of ether oxygens (including phenoxy) is 2. The largest absolute Gasteiger partial charge is 0.477 e. The third kappa shape index (κ3) is 5.65. The molecule has 0 atom stereocenters. The summed E-state index contributed by atoms with van der Waals surface area (Å²) in [6.07, 6.45) is 2.75. The van der Waals surface area contributed by atoms with Crippen LogP contribution in [0.4, 0.5) is 5.82 Å². The molecule has 5 nitrogen and oxygen atoms in total. The highest BCUT2D eigenvalue weighted by atomic mass is 32.2. The first kappa shape index (κ1) is 16.0. The quantitative estimate of drug-likeness (QED) is 0.585. The van der Waals surface area contributed by atoms with Gasteiger partial charge >= 0.3 is 0 Å². The van der Waals surface area contributed by atoms with Crippen LogP contribution in [0.25, 0.3) is 0 Å². The summed E-state index contributed by atoms with van der Waals surface area (Å²) < 4.78 is 11.0. The van der Waals surface area contributed by atoms with E-state index in [1.807, 2.05) is 33.1 Å². The second-order valence-electron chi connectivity index (χ2n) is 4.67. The minimum Gasteiger partial charge on any atom is -0.477 e. The molecule has 19 heavy (non-hydrogen) atoms. The third-order valence-electron chi connectivity index (χ3n) is 2.73. The summed E-state index contributed by atoms with van der Waals surface area (Å²) in [6.45, 7) is 7.49. The lowest BCUT2D eigenvalue weighted by atomic mass is 10.1. The molecule has 0 bridgehead atoms. The maximum absolute atomic E-state index is 5.69. The topological polar surface area (TPSA) is 56.3 Å². The van der Waals surface area contributed by atoms with E-state index in [0.29, 0.717) is 17.6 Å². The molecular weight excluding hydrogens is 262 g/mol. The highest BCUT2D eigenvalue weighted by Gasteiger charge is 2.16. The van der Waals surface area contributed by atoms with Crippen molar-refractivity contribution in [2.45, 2.75) is 37.9 Å². The maximum atomic E-state index is 5.69. The molecule has 0 aliphatic carbocycles. The van der Waals surface area contributed by atoms with Gasteiger partial charge in [-0.1, -0.05) is 11.8 Å². The zero-order valence-corrected chi connectivity index (χ0v) is 13.1. The Balaban J connectivity index is 2.64. The fraction of sp³-hybridized carbons (Fsp3) is 0.692. The van der Waals surface area contributed by atoms with Crippen LogP contribution >= 0.6 is 11.8 Å². The number of aromatic nitrogens is 2. The minimum atomic E-state index is -0.181. The summed E-state index contributed by atoms with van der Waals surface area (Å²) in [6, 6.07) is 1.82. The lowest BCUT2D eigenvalue weighted by Gasteiger charge is -2.22. The van der Waals surface area contributed by atoms with Gasteiger partial charge in [0.05, 0.1) is 12.2 Å². The van der Waals surface area contributed by atoms with Gasteiger partial charge in [0.15, 0.2) is 5.16 Å². The molecule has 1 heterocycles. The Hall–Kier alpha value is -1.01. The van der Waals surface area contributed by atoms with Crippen molar-refractivity contribution in [3.05, 3.63) is 6.07 Å². The number of thioether (sulfide) groups is 1. The van der Waals surface area contributed by atoms with E-state index in [9.17, 15) is 0 Å². The van der Waals surface area contributed by atoms with Crippen molar-refractivity contribution >= 4 is 17.6 Å². The second-order valence-corrected chi connectivity index (χ2v) is 5.44. The summed E-state index contributed by atoms with van der Waals surface area (Å²) in [7, 11) is 1.71. The molecule has 0 aliphatic heterocycles. The molecule has 0 aliphatic rings. The van der Waals surface area contributed by atoms with Gasteiger partial charge in [0, 0.05) is 26.1 Å². The molecule has 0 amide bonds. The molecule has 0 spiro atoms. The van der Waals surface area contributed by atoms with E-state index in [2.05, 4.69) is 15.3 Å². The Labute approximate surface area is 119 Å². The summed E-state index contributed by atoms with van der Waals surface area (Å²) in [5.41, 5.74) is -0.181. The van der Waals surface area contributed by atoms with Crippen LogP contribution in [0.15, 0.2) is 11.2 Å². The number of rotatable bonds is 8. The Bertz CT molecular complexity index is 399. The number of anilines is 1. The first-order valence-corrected chi connectivity index (χ1v) is 7.58. The van der Waals surface area contributed by atoms with E-state index in [1.54, 1.807) is 7.11 Å². The Morgan fingerprint density at radius 3 is 2.68 bits per heavy atom. The van der Waals surface area contributed by atoms with Gasteiger partial charge in [-0.25, -0.2) is 4.98 Å². The van der Waals surface area contributed by atoms with Crippen LogP contribution in [0.3, 0.4) is 0 Å². The third-order valence-corrected chi connectivity index (χ3v) is 3.28. The van der Waals surface area contributed by atoms with E-state index in [0.717, 1.165) is 18.8 Å². The van der Waals surface area contributed by atoms with Crippen LogP contribution in [0.5, 0.6) is 5.88 Å². The van der Waals surface area contributed by atoms with Crippen LogP contribution in [0.2, 0.25) is 0 Å². The molecular formula is C13H23N3O2S. The summed E-state index contributed by atoms with van der Waals surface area (Å²) in [5, 5.41) is 3.88. The first-order chi connectivity index (χ1) is 9.00. The lowest BCUT2D eigenvalue weighted by molar-refractivity contribution is 0.00503. The zero-order valence-electron chi connectivity index (χ0n) is 12.3. The highest BCUT2D eigenvalue weighted by Crippen LogP contribution is 2.20. The number of hydrogen-bond acceptors (Lipinski definition) is 6. The number of hydrogen-bond donors (Lipinski definition) is 1. The Morgan fingerprint density at radius 1 is 1.37 bits per heavy atom. The zero-order chi connectivity index (χ0) is 14.3. The fourth-order valence-corrected chi connectivity index (χ4v) is 1.72. The molecule has 6 heteroatoms. The van der Waals surface area contributed by atoms with E-state index in [1.165, 1.54) is 11.8 Å². The molecule has 0 fully saturated rings. The Kier molecular flexibility index (Phi) is 6.37. The van der Waals surface area contributed by atoms with Gasteiger partial charge in [-0.15, -0.1) is 0 Å². The molecule has 1 aromatic heterocycles.